The zero-order chi connectivity index (χ0) is 29.7. The minimum atomic E-state index is 0.626. The van der Waals surface area contributed by atoms with Crippen LogP contribution in [-0.2, 0) is 0 Å². The molecule has 0 bridgehead atoms. The lowest BCUT2D eigenvalue weighted by Gasteiger charge is -2.11. The van der Waals surface area contributed by atoms with E-state index < -0.39 is 0 Å². The van der Waals surface area contributed by atoms with Gasteiger partial charge in [0.15, 0.2) is 17.5 Å². The number of hydrogen-bond acceptors (Lipinski definition) is 4. The second-order valence-corrected chi connectivity index (χ2v) is 11.3. The zero-order valence-corrected chi connectivity index (χ0v) is 24.2. The first-order valence-corrected chi connectivity index (χ1v) is 15.0. The third-order valence-electron chi connectivity index (χ3n) is 8.50. The summed E-state index contributed by atoms with van der Waals surface area (Å²) in [4.78, 5) is 15.0. The number of rotatable bonds is 4. The number of benzene rings is 7. The SMILES string of the molecule is c1ccc(-c2nc(-c3ccccc3)nc(-c3cc4c5cc(-c6ccc7ccccc7c6)ccc5oc4c4ccccc34)n2)cc1. The molecule has 0 aliphatic heterocycles. The van der Waals surface area contributed by atoms with Gasteiger partial charge in [-0.3, -0.25) is 0 Å². The van der Waals surface area contributed by atoms with Crippen LogP contribution in [0.25, 0.3) is 88.8 Å². The largest absolute Gasteiger partial charge is 0.455 e. The van der Waals surface area contributed by atoms with Crippen molar-refractivity contribution in [3.05, 3.63) is 152 Å². The van der Waals surface area contributed by atoms with Crippen LogP contribution in [-0.4, -0.2) is 15.0 Å². The predicted molar refractivity (Wildman–Crippen MR) is 184 cm³/mol. The molecule has 45 heavy (non-hydrogen) atoms. The summed E-state index contributed by atoms with van der Waals surface area (Å²) in [5, 5.41) is 6.60. The monoisotopic (exact) mass is 575 g/mol. The highest BCUT2D eigenvalue weighted by Gasteiger charge is 2.19. The van der Waals surface area contributed by atoms with Crippen LogP contribution in [0.3, 0.4) is 0 Å². The quantitative estimate of drug-likeness (QED) is 0.209. The first-order valence-electron chi connectivity index (χ1n) is 15.0. The van der Waals surface area contributed by atoms with Crippen LogP contribution in [0.2, 0.25) is 0 Å². The molecule has 2 aromatic heterocycles. The van der Waals surface area contributed by atoms with Crippen LogP contribution in [0.15, 0.2) is 156 Å². The van der Waals surface area contributed by atoms with Gasteiger partial charge < -0.3 is 4.42 Å². The Labute approximate surface area is 259 Å². The molecule has 9 rings (SSSR count). The van der Waals surface area contributed by atoms with Gasteiger partial charge in [0.25, 0.3) is 0 Å². The Bertz CT molecular complexity index is 2480. The van der Waals surface area contributed by atoms with Crippen molar-refractivity contribution in [1.29, 1.82) is 0 Å². The van der Waals surface area contributed by atoms with E-state index in [2.05, 4.69) is 91.0 Å². The first-order chi connectivity index (χ1) is 22.3. The molecule has 0 aliphatic rings. The lowest BCUT2D eigenvalue weighted by atomic mass is 9.97. The smallest absolute Gasteiger partial charge is 0.164 e. The van der Waals surface area contributed by atoms with Gasteiger partial charge in [0.2, 0.25) is 0 Å². The molecular weight excluding hydrogens is 550 g/mol. The molecule has 2 heterocycles. The summed E-state index contributed by atoms with van der Waals surface area (Å²) in [5.41, 5.74) is 6.85. The van der Waals surface area contributed by atoms with E-state index in [1.165, 1.54) is 16.3 Å². The number of aromatic nitrogens is 3. The Morgan fingerprint density at radius 3 is 1.67 bits per heavy atom. The summed E-state index contributed by atoms with van der Waals surface area (Å²) in [6.07, 6.45) is 0. The van der Waals surface area contributed by atoms with Gasteiger partial charge in [0.1, 0.15) is 11.2 Å². The molecule has 0 unspecified atom stereocenters. The summed E-state index contributed by atoms with van der Waals surface area (Å²) in [7, 11) is 0. The maximum Gasteiger partial charge on any atom is 0.164 e. The fourth-order valence-corrected chi connectivity index (χ4v) is 6.26. The van der Waals surface area contributed by atoms with E-state index in [9.17, 15) is 0 Å². The van der Waals surface area contributed by atoms with E-state index >= 15 is 0 Å². The molecule has 7 aromatic carbocycles. The molecule has 0 saturated carbocycles. The number of hydrogen-bond donors (Lipinski definition) is 0. The maximum atomic E-state index is 6.55. The summed E-state index contributed by atoms with van der Waals surface area (Å²) >= 11 is 0. The van der Waals surface area contributed by atoms with Crippen molar-refractivity contribution in [2.75, 3.05) is 0 Å². The Morgan fingerprint density at radius 2 is 0.933 bits per heavy atom. The maximum absolute atomic E-state index is 6.55. The molecule has 0 atom stereocenters. The van der Waals surface area contributed by atoms with Crippen molar-refractivity contribution >= 4 is 43.5 Å². The molecule has 210 valence electrons. The van der Waals surface area contributed by atoms with Crippen molar-refractivity contribution in [3.8, 4) is 45.3 Å². The molecule has 0 saturated heterocycles. The van der Waals surface area contributed by atoms with Crippen LogP contribution in [0.4, 0.5) is 0 Å². The van der Waals surface area contributed by atoms with E-state index in [0.29, 0.717) is 17.5 Å². The average molecular weight is 576 g/mol. The number of nitrogens with zero attached hydrogens (tertiary/aromatic N) is 3. The third kappa shape index (κ3) is 4.35. The lowest BCUT2D eigenvalue weighted by molar-refractivity contribution is 0.673. The fourth-order valence-electron chi connectivity index (χ4n) is 6.26. The number of furan rings is 1. The molecule has 0 spiro atoms. The fraction of sp³-hybridized carbons (Fsp3) is 0. The standard InChI is InChI=1S/C41H25N3O/c1-3-12-27(13-4-1)39-42-40(28-14-5-2-6-15-28)44-41(43-39)36-25-35-34-24-31(30-20-19-26-11-7-8-16-29(26)23-30)21-22-37(34)45-38(35)33-18-10-9-17-32(33)36/h1-25H. The molecule has 0 amide bonds. The Kier molecular flexibility index (Phi) is 5.78. The Balaban J connectivity index is 1.30. The Morgan fingerprint density at radius 1 is 0.356 bits per heavy atom. The lowest BCUT2D eigenvalue weighted by Crippen LogP contribution is -2.00. The van der Waals surface area contributed by atoms with E-state index in [-0.39, 0.29) is 0 Å². The third-order valence-corrected chi connectivity index (χ3v) is 8.50. The van der Waals surface area contributed by atoms with E-state index in [1.54, 1.807) is 0 Å². The molecule has 9 aromatic rings. The van der Waals surface area contributed by atoms with Crippen LogP contribution < -0.4 is 0 Å². The van der Waals surface area contributed by atoms with Gasteiger partial charge >= 0.3 is 0 Å². The average Bonchev–Trinajstić information content (AvgIpc) is 3.50. The van der Waals surface area contributed by atoms with Gasteiger partial charge in [-0.15, -0.1) is 0 Å². The molecular formula is C41H25N3O. The summed E-state index contributed by atoms with van der Waals surface area (Å²) in [6.45, 7) is 0. The molecule has 0 aliphatic carbocycles. The topological polar surface area (TPSA) is 51.8 Å². The summed E-state index contributed by atoms with van der Waals surface area (Å²) < 4.78 is 6.55. The van der Waals surface area contributed by atoms with Gasteiger partial charge in [-0.05, 0) is 51.6 Å². The highest BCUT2D eigenvalue weighted by Crippen LogP contribution is 2.41. The van der Waals surface area contributed by atoms with Crippen molar-refractivity contribution in [2.45, 2.75) is 0 Å². The van der Waals surface area contributed by atoms with Crippen LogP contribution in [0, 0.1) is 0 Å². The summed E-state index contributed by atoms with van der Waals surface area (Å²) in [5.74, 6) is 1.90. The number of fused-ring (bicyclic) bond motifs is 6. The van der Waals surface area contributed by atoms with Gasteiger partial charge in [-0.2, -0.15) is 0 Å². The van der Waals surface area contributed by atoms with Gasteiger partial charge in [-0.1, -0.05) is 127 Å². The van der Waals surface area contributed by atoms with Crippen molar-refractivity contribution < 1.29 is 4.42 Å². The molecule has 0 N–H and O–H groups in total. The van der Waals surface area contributed by atoms with Crippen molar-refractivity contribution in [1.82, 2.24) is 15.0 Å². The van der Waals surface area contributed by atoms with Crippen LogP contribution >= 0.6 is 0 Å². The minimum Gasteiger partial charge on any atom is -0.455 e. The summed E-state index contributed by atoms with van der Waals surface area (Å²) in [6, 6.07) is 52.2. The molecule has 0 radical (unpaired) electrons. The van der Waals surface area contributed by atoms with E-state index in [4.69, 9.17) is 19.4 Å². The van der Waals surface area contributed by atoms with Crippen molar-refractivity contribution in [2.24, 2.45) is 0 Å². The van der Waals surface area contributed by atoms with Gasteiger partial charge in [0.05, 0.1) is 0 Å². The van der Waals surface area contributed by atoms with Crippen LogP contribution in [0.1, 0.15) is 0 Å². The second-order valence-electron chi connectivity index (χ2n) is 11.3. The second kappa shape index (κ2) is 10.2. The molecule has 0 fully saturated rings. The van der Waals surface area contributed by atoms with Crippen LogP contribution in [0.5, 0.6) is 0 Å². The van der Waals surface area contributed by atoms with E-state index in [0.717, 1.165) is 55.0 Å². The Hall–Kier alpha value is -6.13. The normalized spacial score (nSPS) is 11.6. The highest BCUT2D eigenvalue weighted by atomic mass is 16.3. The van der Waals surface area contributed by atoms with Gasteiger partial charge in [-0.25, -0.2) is 15.0 Å². The van der Waals surface area contributed by atoms with Gasteiger partial charge in [0, 0.05) is 32.8 Å². The van der Waals surface area contributed by atoms with E-state index in [1.807, 2.05) is 60.7 Å². The first kappa shape index (κ1) is 25.4. The minimum absolute atomic E-state index is 0.626. The van der Waals surface area contributed by atoms with Crippen molar-refractivity contribution in [3.63, 3.8) is 0 Å². The molecule has 4 heteroatoms. The predicted octanol–water partition coefficient (Wildman–Crippen LogP) is 10.7. The molecule has 4 nitrogen and oxygen atoms in total. The zero-order valence-electron chi connectivity index (χ0n) is 24.2. The highest BCUT2D eigenvalue weighted by molar-refractivity contribution is 6.19.